The Morgan fingerprint density at radius 1 is 1.15 bits per heavy atom. The average molecular weight is 372 g/mol. The number of hydrogen-bond acceptors (Lipinski definition) is 4. The molecule has 0 N–H and O–H groups in total. The molecule has 7 heteroatoms. The van der Waals surface area contributed by atoms with E-state index in [1.165, 1.54) is 12.1 Å². The molecule has 0 spiro atoms. The average Bonchev–Trinajstić information content (AvgIpc) is 2.82. The monoisotopic (exact) mass is 372 g/mol. The zero-order valence-electron chi connectivity index (χ0n) is 14.6. The van der Waals surface area contributed by atoms with Gasteiger partial charge in [0.25, 0.3) is 5.91 Å². The smallest absolute Gasteiger partial charge is 0.253 e. The van der Waals surface area contributed by atoms with Gasteiger partial charge in [-0.25, -0.2) is 12.7 Å². The van der Waals surface area contributed by atoms with Crippen LogP contribution < -0.4 is 4.31 Å². The maximum atomic E-state index is 12.7. The maximum Gasteiger partial charge on any atom is 0.253 e. The van der Waals surface area contributed by atoms with E-state index in [4.69, 9.17) is 0 Å². The second-order valence-corrected chi connectivity index (χ2v) is 8.34. The molecule has 0 bridgehead atoms. The first-order chi connectivity index (χ1) is 12.3. The molecule has 0 aromatic heterocycles. The summed E-state index contributed by atoms with van der Waals surface area (Å²) in [7, 11) is -2.01. The fourth-order valence-corrected chi connectivity index (χ4v) is 4.81. The highest BCUT2D eigenvalue weighted by molar-refractivity contribution is 7.94. The Hall–Kier alpha value is -2.67. The number of sulfonamides is 1. The van der Waals surface area contributed by atoms with Crippen LogP contribution in [-0.2, 0) is 21.4 Å². The van der Waals surface area contributed by atoms with Crippen LogP contribution in [0.3, 0.4) is 0 Å². The topological polar surface area (TPSA) is 74.8 Å². The van der Waals surface area contributed by atoms with Crippen LogP contribution in [0.15, 0.2) is 54.6 Å². The van der Waals surface area contributed by atoms with Crippen LogP contribution in [0.25, 0.3) is 0 Å². The fraction of sp³-hybridized carbons (Fsp3) is 0.263. The van der Waals surface area contributed by atoms with E-state index in [0.29, 0.717) is 12.1 Å². The molecule has 1 saturated heterocycles. The van der Waals surface area contributed by atoms with Crippen molar-refractivity contribution in [2.45, 2.75) is 13.5 Å². The normalized spacial score (nSPS) is 18.8. The molecule has 2 aromatic rings. The number of anilines is 1. The molecule has 3 rings (SSSR count). The van der Waals surface area contributed by atoms with E-state index in [0.717, 1.165) is 9.87 Å². The first-order valence-electron chi connectivity index (χ1n) is 8.26. The van der Waals surface area contributed by atoms with Crippen molar-refractivity contribution in [2.75, 3.05) is 17.1 Å². The molecule has 1 aliphatic rings. The number of carbonyl (C=O) groups is 2. The van der Waals surface area contributed by atoms with Crippen molar-refractivity contribution in [1.82, 2.24) is 4.90 Å². The Morgan fingerprint density at radius 2 is 1.85 bits per heavy atom. The van der Waals surface area contributed by atoms with Crippen molar-refractivity contribution in [3.05, 3.63) is 65.7 Å². The van der Waals surface area contributed by atoms with E-state index >= 15 is 0 Å². The number of amides is 2. The van der Waals surface area contributed by atoms with E-state index in [9.17, 15) is 18.0 Å². The first kappa shape index (κ1) is 18.1. The Bertz CT molecular complexity index is 941. The van der Waals surface area contributed by atoms with Gasteiger partial charge < -0.3 is 4.90 Å². The minimum atomic E-state index is -3.69. The largest absolute Gasteiger partial charge is 0.337 e. The van der Waals surface area contributed by atoms with Crippen molar-refractivity contribution in [1.29, 1.82) is 0 Å². The van der Waals surface area contributed by atoms with Crippen molar-refractivity contribution >= 4 is 27.5 Å². The van der Waals surface area contributed by atoms with E-state index in [1.807, 2.05) is 30.3 Å². The number of nitrogens with zero attached hydrogens (tertiary/aromatic N) is 2. The third-order valence-electron chi connectivity index (χ3n) is 4.30. The van der Waals surface area contributed by atoms with Gasteiger partial charge in [-0.1, -0.05) is 43.3 Å². The minimum Gasteiger partial charge on any atom is -0.337 e. The Kier molecular flexibility index (Phi) is 4.82. The molecular formula is C19H20N2O4S. The molecule has 2 amide bonds. The number of carbonyl (C=O) groups excluding carboxylic acids is 2. The third kappa shape index (κ3) is 3.48. The van der Waals surface area contributed by atoms with Gasteiger partial charge in [-0.15, -0.1) is 0 Å². The lowest BCUT2D eigenvalue weighted by Crippen LogP contribution is -2.31. The van der Waals surface area contributed by atoms with Gasteiger partial charge in [-0.3, -0.25) is 9.59 Å². The lowest BCUT2D eigenvalue weighted by atomic mass is 10.1. The van der Waals surface area contributed by atoms with E-state index in [2.05, 4.69) is 0 Å². The molecule has 2 aromatic carbocycles. The quantitative estimate of drug-likeness (QED) is 0.825. The molecule has 26 heavy (non-hydrogen) atoms. The van der Waals surface area contributed by atoms with Gasteiger partial charge in [0.2, 0.25) is 15.9 Å². The van der Waals surface area contributed by atoms with Crippen LogP contribution >= 0.6 is 0 Å². The number of rotatable bonds is 4. The first-order valence-corrected chi connectivity index (χ1v) is 9.87. The SMILES string of the molecule is C[C@H]1CS(=O)(=O)N(c2cccc(C(=O)N(C)Cc3ccccc3)c2)C1=O. The summed E-state index contributed by atoms with van der Waals surface area (Å²) in [6.45, 7) is 2.02. The minimum absolute atomic E-state index is 0.207. The molecule has 1 fully saturated rings. The highest BCUT2D eigenvalue weighted by Gasteiger charge is 2.42. The third-order valence-corrected chi connectivity index (χ3v) is 6.17. The van der Waals surface area contributed by atoms with Crippen LogP contribution in [0, 0.1) is 5.92 Å². The summed E-state index contributed by atoms with van der Waals surface area (Å²) in [5.74, 6) is -1.50. The fourth-order valence-electron chi connectivity index (χ4n) is 3.00. The second-order valence-electron chi connectivity index (χ2n) is 6.48. The highest BCUT2D eigenvalue weighted by Crippen LogP contribution is 2.29. The summed E-state index contributed by atoms with van der Waals surface area (Å²) in [5.41, 5.74) is 1.53. The summed E-state index contributed by atoms with van der Waals surface area (Å²) in [4.78, 5) is 26.5. The summed E-state index contributed by atoms with van der Waals surface area (Å²) < 4.78 is 25.3. The molecule has 0 unspecified atom stereocenters. The lowest BCUT2D eigenvalue weighted by molar-refractivity contribution is -0.119. The van der Waals surface area contributed by atoms with Crippen LogP contribution in [0.2, 0.25) is 0 Å². The summed E-state index contributed by atoms with van der Waals surface area (Å²) in [6, 6.07) is 15.8. The number of hydrogen-bond donors (Lipinski definition) is 0. The van der Waals surface area contributed by atoms with Gasteiger partial charge in [0.05, 0.1) is 17.4 Å². The van der Waals surface area contributed by atoms with Gasteiger partial charge in [0, 0.05) is 19.2 Å². The molecule has 0 aliphatic carbocycles. The Morgan fingerprint density at radius 3 is 2.46 bits per heavy atom. The van der Waals surface area contributed by atoms with Crippen LogP contribution in [0.4, 0.5) is 5.69 Å². The van der Waals surface area contributed by atoms with E-state index < -0.39 is 21.8 Å². The van der Waals surface area contributed by atoms with E-state index in [-0.39, 0.29) is 17.3 Å². The summed E-state index contributed by atoms with van der Waals surface area (Å²) in [6.07, 6.45) is 0. The summed E-state index contributed by atoms with van der Waals surface area (Å²) >= 11 is 0. The van der Waals surface area contributed by atoms with Crippen molar-refractivity contribution in [3.8, 4) is 0 Å². The van der Waals surface area contributed by atoms with Gasteiger partial charge in [-0.05, 0) is 23.8 Å². The molecule has 1 atom stereocenters. The lowest BCUT2D eigenvalue weighted by Gasteiger charge is -2.19. The standard InChI is InChI=1S/C19H20N2O4S/c1-14-13-26(24,25)21(18(14)22)17-10-6-9-16(11-17)19(23)20(2)12-15-7-4-3-5-8-15/h3-11,14H,12-13H2,1-2H3/t14-/m0/s1. The molecule has 0 radical (unpaired) electrons. The zero-order chi connectivity index (χ0) is 18.9. The van der Waals surface area contributed by atoms with E-state index in [1.54, 1.807) is 31.0 Å². The maximum absolute atomic E-state index is 12.7. The van der Waals surface area contributed by atoms with Gasteiger partial charge >= 0.3 is 0 Å². The highest BCUT2D eigenvalue weighted by atomic mass is 32.2. The molecule has 136 valence electrons. The second kappa shape index (κ2) is 6.92. The molecule has 1 heterocycles. The van der Waals surface area contributed by atoms with Crippen molar-refractivity contribution in [2.24, 2.45) is 5.92 Å². The predicted molar refractivity (Wildman–Crippen MR) is 99.1 cm³/mol. The molecule has 1 aliphatic heterocycles. The zero-order valence-corrected chi connectivity index (χ0v) is 15.4. The Balaban J connectivity index is 1.85. The van der Waals surface area contributed by atoms with Crippen LogP contribution in [0.1, 0.15) is 22.8 Å². The van der Waals surface area contributed by atoms with Gasteiger partial charge in [0.15, 0.2) is 0 Å². The van der Waals surface area contributed by atoms with Crippen molar-refractivity contribution in [3.63, 3.8) is 0 Å². The van der Waals surface area contributed by atoms with Crippen LogP contribution in [-0.4, -0.2) is 37.9 Å². The Labute approximate surface area is 153 Å². The van der Waals surface area contributed by atoms with Gasteiger partial charge in [-0.2, -0.15) is 0 Å². The van der Waals surface area contributed by atoms with Gasteiger partial charge in [0.1, 0.15) is 0 Å². The summed E-state index contributed by atoms with van der Waals surface area (Å²) in [5, 5.41) is 0. The number of benzene rings is 2. The van der Waals surface area contributed by atoms with Crippen molar-refractivity contribution < 1.29 is 18.0 Å². The predicted octanol–water partition coefficient (Wildman–Crippen LogP) is 2.27. The molecule has 6 nitrogen and oxygen atoms in total. The molecular weight excluding hydrogens is 352 g/mol. The molecule has 0 saturated carbocycles. The van der Waals surface area contributed by atoms with Crippen LogP contribution in [0.5, 0.6) is 0 Å².